The van der Waals surface area contributed by atoms with E-state index < -0.39 is 0 Å². The molecule has 1 N–H and O–H groups in total. The number of carbonyl (C=O) groups excluding carboxylic acids is 2. The first kappa shape index (κ1) is 20.4. The molecule has 1 saturated heterocycles. The Morgan fingerprint density at radius 1 is 1.11 bits per heavy atom. The fourth-order valence-corrected chi connectivity index (χ4v) is 3.94. The highest BCUT2D eigenvalue weighted by Crippen LogP contribution is 2.13. The molecular formula is C21H27N3O3S. The van der Waals surface area contributed by atoms with Gasteiger partial charge in [-0.15, -0.1) is 11.3 Å². The zero-order chi connectivity index (χ0) is 19.8. The molecule has 2 heterocycles. The summed E-state index contributed by atoms with van der Waals surface area (Å²) in [5.74, 6) is 0.894. The molecule has 1 fully saturated rings. The minimum atomic E-state index is -0.0787. The van der Waals surface area contributed by atoms with Crippen LogP contribution in [0.1, 0.15) is 21.7 Å². The quantitative estimate of drug-likeness (QED) is 0.737. The van der Waals surface area contributed by atoms with Crippen molar-refractivity contribution in [1.29, 1.82) is 0 Å². The highest BCUT2D eigenvalue weighted by atomic mass is 32.1. The lowest BCUT2D eigenvalue weighted by Crippen LogP contribution is -2.50. The third-order valence-corrected chi connectivity index (χ3v) is 5.89. The highest BCUT2D eigenvalue weighted by Gasteiger charge is 2.20. The average molecular weight is 402 g/mol. The van der Waals surface area contributed by atoms with E-state index in [0.717, 1.165) is 44.9 Å². The number of methoxy groups -OCH3 is 1. The molecule has 6 nitrogen and oxygen atoms in total. The number of hydrogen-bond acceptors (Lipinski definition) is 5. The number of hydrogen-bond donors (Lipinski definition) is 1. The number of thiophene rings is 1. The molecule has 2 amide bonds. The maximum absolute atomic E-state index is 12.4. The van der Waals surface area contributed by atoms with E-state index in [1.54, 1.807) is 42.7 Å². The van der Waals surface area contributed by atoms with Crippen LogP contribution in [-0.2, 0) is 11.2 Å². The Balaban J connectivity index is 1.32. The first-order valence-electron chi connectivity index (χ1n) is 9.60. The maximum Gasteiger partial charge on any atom is 0.251 e. The number of aryl methyl sites for hydroxylation is 1. The molecule has 2 aromatic rings. The molecule has 1 aromatic heterocycles. The second-order valence-corrected chi connectivity index (χ2v) is 7.82. The van der Waals surface area contributed by atoms with E-state index in [0.29, 0.717) is 18.5 Å². The zero-order valence-electron chi connectivity index (χ0n) is 16.2. The number of ether oxygens (including phenoxy) is 1. The van der Waals surface area contributed by atoms with Crippen molar-refractivity contribution >= 4 is 23.2 Å². The highest BCUT2D eigenvalue weighted by molar-refractivity contribution is 7.09. The Labute approximate surface area is 170 Å². The van der Waals surface area contributed by atoms with Gasteiger partial charge in [0.25, 0.3) is 5.91 Å². The van der Waals surface area contributed by atoms with E-state index in [4.69, 9.17) is 4.74 Å². The maximum atomic E-state index is 12.4. The summed E-state index contributed by atoms with van der Waals surface area (Å²) in [5.41, 5.74) is 0.627. The van der Waals surface area contributed by atoms with Crippen LogP contribution in [0.15, 0.2) is 41.8 Å². The van der Waals surface area contributed by atoms with E-state index in [1.807, 2.05) is 16.3 Å². The molecular weight excluding hydrogens is 374 g/mol. The van der Waals surface area contributed by atoms with Gasteiger partial charge in [0.05, 0.1) is 7.11 Å². The third kappa shape index (κ3) is 5.81. The standard InChI is InChI=1S/C21H27N3O3S/c1-27-18-6-4-17(5-7-18)21(26)22-10-11-23-12-14-24(15-13-23)20(25)9-8-19-3-2-16-28-19/h2-7,16H,8-15H2,1H3,(H,22,26). The molecule has 0 radical (unpaired) electrons. The van der Waals surface area contributed by atoms with Crippen LogP contribution in [0.2, 0.25) is 0 Å². The molecule has 0 bridgehead atoms. The minimum Gasteiger partial charge on any atom is -0.497 e. The summed E-state index contributed by atoms with van der Waals surface area (Å²) in [6.45, 7) is 4.61. The van der Waals surface area contributed by atoms with E-state index >= 15 is 0 Å². The lowest BCUT2D eigenvalue weighted by Gasteiger charge is -2.34. The number of nitrogens with zero attached hydrogens (tertiary/aromatic N) is 2. The van der Waals surface area contributed by atoms with Crippen molar-refractivity contribution in [2.24, 2.45) is 0 Å². The third-order valence-electron chi connectivity index (χ3n) is 4.96. The number of amides is 2. The topological polar surface area (TPSA) is 61.9 Å². The van der Waals surface area contributed by atoms with Gasteiger partial charge in [-0.2, -0.15) is 0 Å². The van der Waals surface area contributed by atoms with Gasteiger partial charge in [-0.3, -0.25) is 14.5 Å². The Kier molecular flexibility index (Phi) is 7.45. The summed E-state index contributed by atoms with van der Waals surface area (Å²) >= 11 is 1.70. The SMILES string of the molecule is COc1ccc(C(=O)NCCN2CCN(C(=O)CCc3cccs3)CC2)cc1. The van der Waals surface area contributed by atoms with Gasteiger partial charge >= 0.3 is 0 Å². The summed E-state index contributed by atoms with van der Waals surface area (Å²) in [4.78, 5) is 30.0. The summed E-state index contributed by atoms with van der Waals surface area (Å²) in [5, 5.41) is 5.00. The Morgan fingerprint density at radius 3 is 2.50 bits per heavy atom. The summed E-state index contributed by atoms with van der Waals surface area (Å²) in [6.07, 6.45) is 1.41. The van der Waals surface area contributed by atoms with Crippen LogP contribution in [0.5, 0.6) is 5.75 Å². The van der Waals surface area contributed by atoms with Crippen LogP contribution in [0.3, 0.4) is 0 Å². The number of carbonyl (C=O) groups is 2. The van der Waals surface area contributed by atoms with Gasteiger partial charge in [0.2, 0.25) is 5.91 Å². The van der Waals surface area contributed by atoms with Gasteiger partial charge in [0, 0.05) is 56.1 Å². The second-order valence-electron chi connectivity index (χ2n) is 6.79. The van der Waals surface area contributed by atoms with Crippen LogP contribution in [0.4, 0.5) is 0 Å². The molecule has 7 heteroatoms. The molecule has 1 aromatic carbocycles. The number of rotatable bonds is 8. The summed E-state index contributed by atoms with van der Waals surface area (Å²) in [7, 11) is 1.60. The summed E-state index contributed by atoms with van der Waals surface area (Å²) in [6, 6.07) is 11.2. The number of nitrogens with one attached hydrogen (secondary N) is 1. The fraction of sp³-hybridized carbons (Fsp3) is 0.429. The predicted molar refractivity (Wildman–Crippen MR) is 111 cm³/mol. The second kappa shape index (κ2) is 10.2. The minimum absolute atomic E-state index is 0.0787. The molecule has 0 spiro atoms. The van der Waals surface area contributed by atoms with Crippen LogP contribution in [-0.4, -0.2) is 68.0 Å². The molecule has 0 unspecified atom stereocenters. The van der Waals surface area contributed by atoms with Gasteiger partial charge < -0.3 is 15.0 Å². The molecule has 28 heavy (non-hydrogen) atoms. The molecule has 0 saturated carbocycles. The van der Waals surface area contributed by atoms with Gasteiger partial charge in [-0.25, -0.2) is 0 Å². The fourth-order valence-electron chi connectivity index (χ4n) is 3.24. The molecule has 1 aliphatic rings. The monoisotopic (exact) mass is 401 g/mol. The average Bonchev–Trinajstić information content (AvgIpc) is 3.26. The lowest BCUT2D eigenvalue weighted by atomic mass is 10.2. The van der Waals surface area contributed by atoms with Crippen molar-refractivity contribution in [2.75, 3.05) is 46.4 Å². The Bertz CT molecular complexity index is 754. The number of piperazine rings is 1. The zero-order valence-corrected chi connectivity index (χ0v) is 17.0. The van der Waals surface area contributed by atoms with Crippen molar-refractivity contribution in [3.8, 4) is 5.75 Å². The molecule has 1 aliphatic heterocycles. The van der Waals surface area contributed by atoms with E-state index in [2.05, 4.69) is 16.3 Å². The van der Waals surface area contributed by atoms with Crippen LogP contribution >= 0.6 is 11.3 Å². The van der Waals surface area contributed by atoms with Crippen LogP contribution in [0, 0.1) is 0 Å². The van der Waals surface area contributed by atoms with Gasteiger partial charge in [-0.1, -0.05) is 6.07 Å². The van der Waals surface area contributed by atoms with Gasteiger partial charge in [0.1, 0.15) is 5.75 Å². The normalized spacial score (nSPS) is 14.7. The van der Waals surface area contributed by atoms with Crippen molar-refractivity contribution in [3.63, 3.8) is 0 Å². The van der Waals surface area contributed by atoms with Crippen molar-refractivity contribution in [2.45, 2.75) is 12.8 Å². The smallest absolute Gasteiger partial charge is 0.251 e. The first-order chi connectivity index (χ1) is 13.7. The van der Waals surface area contributed by atoms with Crippen molar-refractivity contribution in [3.05, 3.63) is 52.2 Å². The Hall–Kier alpha value is -2.38. The molecule has 150 valence electrons. The first-order valence-corrected chi connectivity index (χ1v) is 10.5. The van der Waals surface area contributed by atoms with E-state index in [-0.39, 0.29) is 11.8 Å². The van der Waals surface area contributed by atoms with Crippen LogP contribution < -0.4 is 10.1 Å². The van der Waals surface area contributed by atoms with Crippen molar-refractivity contribution < 1.29 is 14.3 Å². The van der Waals surface area contributed by atoms with E-state index in [1.165, 1.54) is 4.88 Å². The Morgan fingerprint density at radius 2 is 1.86 bits per heavy atom. The lowest BCUT2D eigenvalue weighted by molar-refractivity contribution is -0.132. The largest absolute Gasteiger partial charge is 0.497 e. The molecule has 0 aliphatic carbocycles. The number of benzene rings is 1. The predicted octanol–water partition coefficient (Wildman–Crippen LogP) is 2.26. The van der Waals surface area contributed by atoms with E-state index in [9.17, 15) is 9.59 Å². The van der Waals surface area contributed by atoms with Gasteiger partial charge in [0.15, 0.2) is 0 Å². The molecule has 3 rings (SSSR count). The van der Waals surface area contributed by atoms with Gasteiger partial charge in [-0.05, 0) is 42.1 Å². The summed E-state index contributed by atoms with van der Waals surface area (Å²) < 4.78 is 5.10. The van der Waals surface area contributed by atoms with Crippen LogP contribution in [0.25, 0.3) is 0 Å². The van der Waals surface area contributed by atoms with Crippen molar-refractivity contribution in [1.82, 2.24) is 15.1 Å². The molecule has 0 atom stereocenters.